The fraction of sp³-hybridized carbons (Fsp3) is 0.889. The van der Waals surface area contributed by atoms with E-state index in [9.17, 15) is 4.79 Å². The number of nitrogens with one attached hydrogen (secondary N) is 2. The second-order valence-electron chi connectivity index (χ2n) is 7.30. The van der Waals surface area contributed by atoms with E-state index in [1.807, 2.05) is 11.9 Å². The van der Waals surface area contributed by atoms with Crippen molar-refractivity contribution in [2.45, 2.75) is 32.6 Å². The zero-order valence-electron chi connectivity index (χ0n) is 16.1. The van der Waals surface area contributed by atoms with Gasteiger partial charge >= 0.3 is 0 Å². The summed E-state index contributed by atoms with van der Waals surface area (Å²) in [7, 11) is 3.60. The van der Waals surface area contributed by atoms with Crippen LogP contribution in [0.5, 0.6) is 0 Å². The van der Waals surface area contributed by atoms with E-state index in [0.29, 0.717) is 5.41 Å². The van der Waals surface area contributed by atoms with E-state index in [2.05, 4.69) is 20.5 Å². The summed E-state index contributed by atoms with van der Waals surface area (Å²) < 4.78 is 5.26. The van der Waals surface area contributed by atoms with E-state index in [4.69, 9.17) is 4.74 Å². The van der Waals surface area contributed by atoms with Gasteiger partial charge in [-0.05, 0) is 24.7 Å². The second kappa shape index (κ2) is 9.97. The number of aliphatic imine (C=N–C) groups is 1. The summed E-state index contributed by atoms with van der Waals surface area (Å²) in [5, 5.41) is 6.91. The third kappa shape index (κ3) is 6.15. The molecule has 7 heteroatoms. The van der Waals surface area contributed by atoms with E-state index >= 15 is 0 Å². The number of carbonyl (C=O) groups excluding carboxylic acids is 1. The Morgan fingerprint density at radius 3 is 2.44 bits per heavy atom. The molecule has 1 aliphatic carbocycles. The van der Waals surface area contributed by atoms with E-state index in [1.54, 1.807) is 14.0 Å². The quantitative estimate of drug-likeness (QED) is 0.492. The van der Waals surface area contributed by atoms with Crippen molar-refractivity contribution in [1.29, 1.82) is 0 Å². The van der Waals surface area contributed by atoms with E-state index in [0.717, 1.165) is 64.8 Å². The topological polar surface area (TPSA) is 69.2 Å². The number of rotatable bonds is 8. The predicted molar refractivity (Wildman–Crippen MR) is 101 cm³/mol. The summed E-state index contributed by atoms with van der Waals surface area (Å²) in [4.78, 5) is 20.0. The Balaban J connectivity index is 1.63. The van der Waals surface area contributed by atoms with Gasteiger partial charge in [0.25, 0.3) is 0 Å². The summed E-state index contributed by atoms with van der Waals surface area (Å²) in [6, 6.07) is 0. The zero-order valence-corrected chi connectivity index (χ0v) is 16.1. The minimum absolute atomic E-state index is 0.181. The van der Waals surface area contributed by atoms with E-state index in [-0.39, 0.29) is 5.91 Å². The number of hydrogen-bond donors (Lipinski definition) is 2. The number of piperazine rings is 1. The first kappa shape index (κ1) is 20.0. The maximum Gasteiger partial charge on any atom is 0.219 e. The van der Waals surface area contributed by atoms with Crippen LogP contribution in [0.1, 0.15) is 32.6 Å². The van der Waals surface area contributed by atoms with Gasteiger partial charge in [0.2, 0.25) is 5.91 Å². The first-order chi connectivity index (χ1) is 12.1. The molecule has 0 atom stereocenters. The van der Waals surface area contributed by atoms with Crippen LogP contribution in [0.4, 0.5) is 0 Å². The molecule has 2 N–H and O–H groups in total. The predicted octanol–water partition coefficient (Wildman–Crippen LogP) is 0.522. The largest absolute Gasteiger partial charge is 0.385 e. The number of methoxy groups -OCH3 is 1. The highest BCUT2D eigenvalue weighted by molar-refractivity contribution is 5.79. The van der Waals surface area contributed by atoms with Gasteiger partial charge in [0.1, 0.15) is 0 Å². The molecule has 1 saturated carbocycles. The van der Waals surface area contributed by atoms with Gasteiger partial charge in [0.15, 0.2) is 5.96 Å². The fourth-order valence-corrected chi connectivity index (χ4v) is 3.62. The molecule has 7 nitrogen and oxygen atoms in total. The molecule has 1 saturated heterocycles. The molecule has 2 rings (SSSR count). The van der Waals surface area contributed by atoms with Crippen LogP contribution >= 0.6 is 0 Å². The Morgan fingerprint density at radius 1 is 1.20 bits per heavy atom. The SMILES string of the molecule is CN=C(NCCN1CCN(C(C)=O)CC1)NCC1(CCOC)CCC1. The van der Waals surface area contributed by atoms with Crippen LogP contribution in [-0.4, -0.2) is 88.2 Å². The molecular formula is C18H35N5O2. The van der Waals surface area contributed by atoms with Gasteiger partial charge in [0, 0.05) is 73.5 Å². The van der Waals surface area contributed by atoms with Gasteiger partial charge < -0.3 is 20.3 Å². The molecule has 1 heterocycles. The number of carbonyl (C=O) groups is 1. The minimum Gasteiger partial charge on any atom is -0.385 e. The monoisotopic (exact) mass is 353 g/mol. The van der Waals surface area contributed by atoms with Gasteiger partial charge in [-0.15, -0.1) is 0 Å². The highest BCUT2D eigenvalue weighted by Gasteiger charge is 2.36. The van der Waals surface area contributed by atoms with Crippen LogP contribution in [0.2, 0.25) is 0 Å². The molecule has 144 valence electrons. The molecule has 0 bridgehead atoms. The lowest BCUT2D eigenvalue weighted by Crippen LogP contribution is -2.51. The number of ether oxygens (including phenoxy) is 1. The van der Waals surface area contributed by atoms with Crippen LogP contribution < -0.4 is 10.6 Å². The fourth-order valence-electron chi connectivity index (χ4n) is 3.62. The maximum atomic E-state index is 11.4. The highest BCUT2D eigenvalue weighted by Crippen LogP contribution is 2.43. The summed E-state index contributed by atoms with van der Waals surface area (Å²) in [6.45, 7) is 8.86. The van der Waals surface area contributed by atoms with Crippen LogP contribution in [0.15, 0.2) is 4.99 Å². The third-order valence-electron chi connectivity index (χ3n) is 5.64. The molecule has 25 heavy (non-hydrogen) atoms. The molecular weight excluding hydrogens is 318 g/mol. The summed E-state index contributed by atoms with van der Waals surface area (Å²) in [5.41, 5.74) is 0.386. The standard InChI is InChI=1S/C18H35N5O2/c1-16(24)23-12-10-22(11-13-23)9-8-20-17(19-2)21-15-18(5-4-6-18)7-14-25-3/h4-15H2,1-3H3,(H2,19,20,21). The van der Waals surface area contributed by atoms with Crippen molar-refractivity contribution < 1.29 is 9.53 Å². The van der Waals surface area contributed by atoms with Crippen molar-refractivity contribution in [3.8, 4) is 0 Å². The van der Waals surface area contributed by atoms with Crippen LogP contribution in [0.3, 0.4) is 0 Å². The summed E-state index contributed by atoms with van der Waals surface area (Å²) in [5.74, 6) is 1.06. The Hall–Kier alpha value is -1.34. The summed E-state index contributed by atoms with van der Waals surface area (Å²) in [6.07, 6.45) is 5.00. The number of amides is 1. The van der Waals surface area contributed by atoms with Crippen molar-refractivity contribution in [3.05, 3.63) is 0 Å². The Labute approximate surface area is 152 Å². The molecule has 0 aromatic heterocycles. The normalized spacial score (nSPS) is 20.9. The third-order valence-corrected chi connectivity index (χ3v) is 5.64. The lowest BCUT2D eigenvalue weighted by Gasteiger charge is -2.42. The number of hydrogen-bond acceptors (Lipinski definition) is 4. The molecule has 0 aromatic rings. The first-order valence-electron chi connectivity index (χ1n) is 9.50. The zero-order chi connectivity index (χ0) is 18.1. The molecule has 1 amide bonds. The van der Waals surface area contributed by atoms with Crippen molar-refractivity contribution >= 4 is 11.9 Å². The lowest BCUT2D eigenvalue weighted by molar-refractivity contribution is -0.130. The van der Waals surface area contributed by atoms with Crippen LogP contribution in [0.25, 0.3) is 0 Å². The van der Waals surface area contributed by atoms with Crippen LogP contribution in [0, 0.1) is 5.41 Å². The molecule has 2 aliphatic rings. The first-order valence-corrected chi connectivity index (χ1v) is 9.50. The Morgan fingerprint density at radius 2 is 1.92 bits per heavy atom. The number of guanidine groups is 1. The van der Waals surface area contributed by atoms with Crippen molar-refractivity contribution in [3.63, 3.8) is 0 Å². The Bertz CT molecular complexity index is 443. The summed E-state index contributed by atoms with van der Waals surface area (Å²) >= 11 is 0. The van der Waals surface area contributed by atoms with Crippen molar-refractivity contribution in [2.75, 3.05) is 66.6 Å². The highest BCUT2D eigenvalue weighted by atomic mass is 16.5. The van der Waals surface area contributed by atoms with E-state index < -0.39 is 0 Å². The van der Waals surface area contributed by atoms with Crippen molar-refractivity contribution in [1.82, 2.24) is 20.4 Å². The molecule has 0 radical (unpaired) electrons. The molecule has 2 fully saturated rings. The molecule has 0 unspecified atom stereocenters. The average Bonchev–Trinajstić information content (AvgIpc) is 2.59. The second-order valence-corrected chi connectivity index (χ2v) is 7.30. The smallest absolute Gasteiger partial charge is 0.219 e. The molecule has 1 aliphatic heterocycles. The Kier molecular flexibility index (Phi) is 7.96. The van der Waals surface area contributed by atoms with Crippen molar-refractivity contribution in [2.24, 2.45) is 10.4 Å². The maximum absolute atomic E-state index is 11.4. The van der Waals surface area contributed by atoms with Gasteiger partial charge in [-0.3, -0.25) is 14.7 Å². The lowest BCUT2D eigenvalue weighted by atomic mass is 9.67. The minimum atomic E-state index is 0.181. The molecule has 0 spiro atoms. The van der Waals surface area contributed by atoms with Crippen LogP contribution in [-0.2, 0) is 9.53 Å². The number of nitrogens with zero attached hydrogens (tertiary/aromatic N) is 3. The van der Waals surface area contributed by atoms with Gasteiger partial charge in [-0.2, -0.15) is 0 Å². The molecule has 0 aromatic carbocycles. The average molecular weight is 354 g/mol. The van der Waals surface area contributed by atoms with Gasteiger partial charge in [0.05, 0.1) is 0 Å². The van der Waals surface area contributed by atoms with Gasteiger partial charge in [-0.25, -0.2) is 0 Å². The van der Waals surface area contributed by atoms with E-state index in [1.165, 1.54) is 19.3 Å². The van der Waals surface area contributed by atoms with Gasteiger partial charge in [-0.1, -0.05) is 6.42 Å².